The van der Waals surface area contributed by atoms with Crippen molar-refractivity contribution in [2.75, 3.05) is 13.1 Å². The van der Waals surface area contributed by atoms with Crippen molar-refractivity contribution in [2.45, 2.75) is 24.6 Å². The normalized spacial score (nSPS) is 63.9. The van der Waals surface area contributed by atoms with E-state index < -0.39 is 6.29 Å². The van der Waals surface area contributed by atoms with Gasteiger partial charge in [0, 0.05) is 13.1 Å². The first kappa shape index (κ1) is 5.49. The van der Waals surface area contributed by atoms with Crippen LogP contribution in [0.3, 0.4) is 0 Å². The van der Waals surface area contributed by atoms with Crippen LogP contribution in [0.15, 0.2) is 0 Å². The molecule has 4 nitrogen and oxygen atoms in total. The summed E-state index contributed by atoms with van der Waals surface area (Å²) in [6, 6.07) is 0.801. The van der Waals surface area contributed by atoms with Crippen molar-refractivity contribution in [1.29, 1.82) is 0 Å². The van der Waals surface area contributed by atoms with Crippen molar-refractivity contribution in [1.82, 2.24) is 10.2 Å². The van der Waals surface area contributed by atoms with Crippen LogP contribution in [0.5, 0.6) is 0 Å². The highest BCUT2D eigenvalue weighted by atomic mass is 16.6. The van der Waals surface area contributed by atoms with Crippen LogP contribution in [0.1, 0.15) is 0 Å². The number of hydrogen-bond donors (Lipinski definition) is 2. The van der Waals surface area contributed by atoms with Gasteiger partial charge in [0.05, 0.1) is 12.1 Å². The van der Waals surface area contributed by atoms with Crippen molar-refractivity contribution in [2.24, 2.45) is 0 Å². The number of aliphatic hydroxyl groups is 1. The van der Waals surface area contributed by atoms with Gasteiger partial charge in [-0.3, -0.25) is 4.90 Å². The van der Waals surface area contributed by atoms with E-state index in [9.17, 15) is 5.11 Å². The number of fused-ring (bicyclic) bond motifs is 1. The molecule has 0 aromatic carbocycles. The van der Waals surface area contributed by atoms with Gasteiger partial charge in [-0.2, -0.15) is 0 Å². The van der Waals surface area contributed by atoms with E-state index in [-0.39, 0.29) is 6.23 Å². The van der Waals surface area contributed by atoms with Crippen LogP contribution in [0.4, 0.5) is 0 Å². The molecule has 0 radical (unpaired) electrons. The Labute approximate surface area is 58.8 Å². The Morgan fingerprint density at radius 3 is 2.80 bits per heavy atom. The maximum Gasteiger partial charge on any atom is 0.173 e. The quantitative estimate of drug-likeness (QED) is 0.429. The number of nitrogens with one attached hydrogen (secondary N) is 1. The molecule has 0 amide bonds. The average molecular weight is 142 g/mol. The minimum absolute atomic E-state index is 0.167. The van der Waals surface area contributed by atoms with Crippen molar-refractivity contribution in [3.8, 4) is 0 Å². The van der Waals surface area contributed by atoms with E-state index in [1.54, 1.807) is 0 Å². The van der Waals surface area contributed by atoms with Crippen LogP contribution >= 0.6 is 0 Å². The molecule has 3 fully saturated rings. The maximum atomic E-state index is 9.19. The molecule has 4 heteroatoms. The minimum atomic E-state index is -0.521. The van der Waals surface area contributed by atoms with E-state index >= 15 is 0 Å². The Bertz CT molecular complexity index is 171. The molecule has 0 bridgehead atoms. The predicted molar refractivity (Wildman–Crippen MR) is 33.2 cm³/mol. The number of hydrogen-bond acceptors (Lipinski definition) is 4. The largest absolute Gasteiger partial charge is 0.366 e. The summed E-state index contributed by atoms with van der Waals surface area (Å²) < 4.78 is 5.27. The molecule has 10 heavy (non-hydrogen) atoms. The number of aliphatic hydroxyl groups excluding tert-OH is 1. The zero-order chi connectivity index (χ0) is 6.72. The smallest absolute Gasteiger partial charge is 0.173 e. The van der Waals surface area contributed by atoms with Gasteiger partial charge in [-0.25, -0.2) is 0 Å². The van der Waals surface area contributed by atoms with Crippen LogP contribution in [-0.4, -0.2) is 47.7 Å². The SMILES string of the molecule is O[C@@H]1O[C@H]([C@@H]2CN2)N2CC12. The van der Waals surface area contributed by atoms with Gasteiger partial charge in [0.2, 0.25) is 0 Å². The molecule has 0 aliphatic carbocycles. The van der Waals surface area contributed by atoms with Crippen molar-refractivity contribution in [3.05, 3.63) is 0 Å². The van der Waals surface area contributed by atoms with Crippen molar-refractivity contribution in [3.63, 3.8) is 0 Å². The minimum Gasteiger partial charge on any atom is -0.366 e. The van der Waals surface area contributed by atoms with E-state index in [1.165, 1.54) is 0 Å². The van der Waals surface area contributed by atoms with E-state index in [2.05, 4.69) is 10.2 Å². The van der Waals surface area contributed by atoms with Gasteiger partial charge in [0.1, 0.15) is 6.23 Å². The molecule has 3 saturated heterocycles. The summed E-state index contributed by atoms with van der Waals surface area (Å²) in [5, 5.41) is 12.4. The average Bonchev–Trinajstić information content (AvgIpc) is 2.81. The van der Waals surface area contributed by atoms with Gasteiger partial charge in [-0.1, -0.05) is 0 Å². The number of nitrogens with zero attached hydrogens (tertiary/aromatic N) is 1. The van der Waals surface area contributed by atoms with Gasteiger partial charge < -0.3 is 15.2 Å². The zero-order valence-corrected chi connectivity index (χ0v) is 5.53. The molecule has 0 aromatic rings. The summed E-state index contributed by atoms with van der Waals surface area (Å²) in [4.78, 5) is 2.19. The maximum absolute atomic E-state index is 9.19. The Morgan fingerprint density at radius 1 is 1.60 bits per heavy atom. The van der Waals surface area contributed by atoms with Crippen LogP contribution in [-0.2, 0) is 4.74 Å². The molecular weight excluding hydrogens is 132 g/mol. The fraction of sp³-hybridized carbons (Fsp3) is 1.00. The second-order valence-electron chi connectivity index (χ2n) is 3.20. The first-order valence-corrected chi connectivity index (χ1v) is 3.69. The molecule has 0 aromatic heterocycles. The molecule has 0 spiro atoms. The summed E-state index contributed by atoms with van der Waals surface area (Å²) in [7, 11) is 0. The summed E-state index contributed by atoms with van der Waals surface area (Å²) in [5.41, 5.74) is 0. The first-order valence-electron chi connectivity index (χ1n) is 3.69. The Kier molecular flexibility index (Phi) is 0.840. The Morgan fingerprint density at radius 2 is 2.40 bits per heavy atom. The lowest BCUT2D eigenvalue weighted by atomic mass is 10.4. The van der Waals surface area contributed by atoms with Gasteiger partial charge in [-0.15, -0.1) is 0 Å². The monoisotopic (exact) mass is 142 g/mol. The molecule has 5 atom stereocenters. The fourth-order valence-corrected chi connectivity index (χ4v) is 1.62. The van der Waals surface area contributed by atoms with Gasteiger partial charge in [0.15, 0.2) is 6.29 Å². The van der Waals surface area contributed by atoms with E-state index in [0.29, 0.717) is 12.1 Å². The number of ether oxygens (including phenoxy) is 1. The molecule has 3 rings (SSSR count). The molecule has 3 aliphatic heterocycles. The van der Waals surface area contributed by atoms with Gasteiger partial charge in [0.25, 0.3) is 0 Å². The third-order valence-corrected chi connectivity index (χ3v) is 2.41. The van der Waals surface area contributed by atoms with Gasteiger partial charge >= 0.3 is 0 Å². The highest BCUT2D eigenvalue weighted by molar-refractivity contribution is 5.06. The van der Waals surface area contributed by atoms with Crippen LogP contribution < -0.4 is 5.32 Å². The molecule has 0 saturated carbocycles. The summed E-state index contributed by atoms with van der Waals surface area (Å²) >= 11 is 0. The highest BCUT2D eigenvalue weighted by Crippen LogP contribution is 2.36. The molecule has 2 unspecified atom stereocenters. The lowest BCUT2D eigenvalue weighted by Gasteiger charge is -2.11. The fourth-order valence-electron chi connectivity index (χ4n) is 1.62. The summed E-state index contributed by atoms with van der Waals surface area (Å²) in [5.74, 6) is 0. The Hall–Kier alpha value is -0.160. The lowest BCUT2D eigenvalue weighted by molar-refractivity contribution is -0.111. The molecule has 3 heterocycles. The van der Waals surface area contributed by atoms with Crippen LogP contribution in [0, 0.1) is 0 Å². The second-order valence-corrected chi connectivity index (χ2v) is 3.20. The van der Waals surface area contributed by atoms with Crippen molar-refractivity contribution < 1.29 is 9.84 Å². The third kappa shape index (κ3) is 0.594. The summed E-state index contributed by atoms with van der Waals surface area (Å²) in [6.45, 7) is 2.06. The Balaban J connectivity index is 1.76. The van der Waals surface area contributed by atoms with Gasteiger partial charge in [-0.05, 0) is 0 Å². The highest BCUT2D eigenvalue weighted by Gasteiger charge is 2.57. The van der Waals surface area contributed by atoms with E-state index in [0.717, 1.165) is 13.1 Å². The van der Waals surface area contributed by atoms with Crippen LogP contribution in [0.25, 0.3) is 0 Å². The van der Waals surface area contributed by atoms with Crippen LogP contribution in [0.2, 0.25) is 0 Å². The van der Waals surface area contributed by atoms with Crippen molar-refractivity contribution >= 4 is 0 Å². The zero-order valence-electron chi connectivity index (χ0n) is 5.53. The molecular formula is C6H10N2O2. The molecule has 3 aliphatic rings. The molecule has 56 valence electrons. The summed E-state index contributed by atoms with van der Waals surface area (Å²) in [6.07, 6.45) is -0.354. The standard InChI is InChI=1S/C6H10N2O2/c9-6-4-2-8(4)5(10-6)3-1-7-3/h3-7,9H,1-2H2/t3-,4?,5+,6+,8?/m0/s1. The third-order valence-electron chi connectivity index (χ3n) is 2.41. The topological polar surface area (TPSA) is 54.4 Å². The molecule has 2 N–H and O–H groups in total. The van der Waals surface area contributed by atoms with E-state index in [4.69, 9.17) is 4.74 Å². The predicted octanol–water partition coefficient (Wildman–Crippen LogP) is -1.68. The number of rotatable bonds is 1. The first-order chi connectivity index (χ1) is 4.86. The second kappa shape index (κ2) is 1.53. The van der Waals surface area contributed by atoms with E-state index in [1.807, 2.05) is 0 Å². The lowest BCUT2D eigenvalue weighted by Crippen LogP contribution is -2.27.